The van der Waals surface area contributed by atoms with Crippen molar-refractivity contribution in [1.82, 2.24) is 10.2 Å². The minimum absolute atomic E-state index is 0. The third-order valence-electron chi connectivity index (χ3n) is 5.17. The molecule has 0 radical (unpaired) electrons. The SMILES string of the molecule is COc1ccc(CN2CCC(C3CCCN3)CC2)cc1C.Cl. The van der Waals surface area contributed by atoms with Crippen molar-refractivity contribution in [2.24, 2.45) is 5.92 Å². The summed E-state index contributed by atoms with van der Waals surface area (Å²) in [4.78, 5) is 2.60. The second-order valence-corrected chi connectivity index (χ2v) is 6.62. The normalized spacial score (nSPS) is 23.3. The van der Waals surface area contributed by atoms with Crippen LogP contribution in [0.1, 0.15) is 36.8 Å². The van der Waals surface area contributed by atoms with Crippen LogP contribution < -0.4 is 10.1 Å². The minimum atomic E-state index is 0. The number of nitrogens with zero attached hydrogens (tertiary/aromatic N) is 1. The molecule has 2 heterocycles. The zero-order valence-corrected chi connectivity index (χ0v) is 14.6. The van der Waals surface area contributed by atoms with Gasteiger partial charge in [0.05, 0.1) is 7.11 Å². The third kappa shape index (κ3) is 4.15. The number of benzene rings is 1. The molecule has 2 aliphatic heterocycles. The van der Waals surface area contributed by atoms with E-state index in [9.17, 15) is 0 Å². The molecule has 1 N–H and O–H groups in total. The molecule has 124 valence electrons. The van der Waals surface area contributed by atoms with Gasteiger partial charge in [-0.1, -0.05) is 12.1 Å². The molecule has 0 aromatic heterocycles. The quantitative estimate of drug-likeness (QED) is 0.918. The predicted molar refractivity (Wildman–Crippen MR) is 94.0 cm³/mol. The Bertz CT molecular complexity index is 466. The first-order valence-electron chi connectivity index (χ1n) is 8.35. The molecule has 1 unspecified atom stereocenters. The number of methoxy groups -OCH3 is 1. The maximum absolute atomic E-state index is 5.34. The van der Waals surface area contributed by atoms with Crippen LogP contribution in [0.25, 0.3) is 0 Å². The number of hydrogen-bond donors (Lipinski definition) is 1. The molecule has 0 spiro atoms. The molecule has 4 heteroatoms. The van der Waals surface area contributed by atoms with E-state index in [-0.39, 0.29) is 12.4 Å². The van der Waals surface area contributed by atoms with Crippen LogP contribution in [-0.2, 0) is 6.54 Å². The fourth-order valence-electron chi connectivity index (χ4n) is 3.92. The Morgan fingerprint density at radius 3 is 2.59 bits per heavy atom. The molecule has 22 heavy (non-hydrogen) atoms. The minimum Gasteiger partial charge on any atom is -0.496 e. The summed E-state index contributed by atoms with van der Waals surface area (Å²) < 4.78 is 5.34. The molecule has 1 aromatic rings. The third-order valence-corrected chi connectivity index (χ3v) is 5.17. The largest absolute Gasteiger partial charge is 0.496 e. The van der Waals surface area contributed by atoms with Crippen molar-refractivity contribution in [3.05, 3.63) is 29.3 Å². The number of halogens is 1. The van der Waals surface area contributed by atoms with Crippen molar-refractivity contribution >= 4 is 12.4 Å². The van der Waals surface area contributed by atoms with Gasteiger partial charge in [-0.2, -0.15) is 0 Å². The second-order valence-electron chi connectivity index (χ2n) is 6.62. The van der Waals surface area contributed by atoms with Crippen molar-refractivity contribution in [2.45, 2.75) is 45.2 Å². The number of ether oxygens (including phenoxy) is 1. The van der Waals surface area contributed by atoms with E-state index < -0.39 is 0 Å². The molecule has 1 aromatic carbocycles. The Kier molecular flexibility index (Phi) is 6.54. The van der Waals surface area contributed by atoms with Crippen LogP contribution in [0.4, 0.5) is 0 Å². The molecule has 3 nitrogen and oxygen atoms in total. The van der Waals surface area contributed by atoms with E-state index in [1.54, 1.807) is 7.11 Å². The summed E-state index contributed by atoms with van der Waals surface area (Å²) in [5.74, 6) is 1.89. The second kappa shape index (κ2) is 8.19. The van der Waals surface area contributed by atoms with Crippen LogP contribution in [0.5, 0.6) is 5.75 Å². The molecule has 3 rings (SSSR count). The standard InChI is InChI=1S/C18H28N2O.ClH/c1-14-12-15(5-6-18(14)21-2)13-20-10-7-16(8-11-20)17-4-3-9-19-17;/h5-6,12,16-17,19H,3-4,7-11,13H2,1-2H3;1H. The summed E-state index contributed by atoms with van der Waals surface area (Å²) in [6.45, 7) is 6.92. The first-order chi connectivity index (χ1) is 10.3. The van der Waals surface area contributed by atoms with Crippen molar-refractivity contribution < 1.29 is 4.74 Å². The Balaban J connectivity index is 0.00000176. The number of likely N-dealkylation sites (tertiary alicyclic amines) is 1. The molecule has 0 bridgehead atoms. The molecule has 0 amide bonds. The van der Waals surface area contributed by atoms with Gasteiger partial charge in [-0.15, -0.1) is 12.4 Å². The summed E-state index contributed by atoms with van der Waals surface area (Å²) in [7, 11) is 1.74. The van der Waals surface area contributed by atoms with Crippen LogP contribution in [0.2, 0.25) is 0 Å². The van der Waals surface area contributed by atoms with Crippen LogP contribution >= 0.6 is 12.4 Å². The molecule has 2 aliphatic rings. The lowest BCUT2D eigenvalue weighted by atomic mass is 9.88. The molecule has 2 saturated heterocycles. The van der Waals surface area contributed by atoms with E-state index in [4.69, 9.17) is 4.74 Å². The lowest BCUT2D eigenvalue weighted by Crippen LogP contribution is -2.40. The van der Waals surface area contributed by atoms with Crippen molar-refractivity contribution in [2.75, 3.05) is 26.7 Å². The topological polar surface area (TPSA) is 24.5 Å². The van der Waals surface area contributed by atoms with Crippen molar-refractivity contribution in [1.29, 1.82) is 0 Å². The molecular formula is C18H29ClN2O. The van der Waals surface area contributed by atoms with Crippen LogP contribution in [0, 0.1) is 12.8 Å². The molecule has 2 fully saturated rings. The fourth-order valence-corrected chi connectivity index (χ4v) is 3.92. The predicted octanol–water partition coefficient (Wildman–Crippen LogP) is 3.39. The zero-order valence-electron chi connectivity index (χ0n) is 13.8. The maximum atomic E-state index is 5.34. The molecular weight excluding hydrogens is 296 g/mol. The van der Waals surface area contributed by atoms with Gasteiger partial charge in [0.2, 0.25) is 0 Å². The number of aryl methyl sites for hydroxylation is 1. The molecule has 0 aliphatic carbocycles. The molecule has 0 saturated carbocycles. The van der Waals surface area contributed by atoms with Gasteiger partial charge in [-0.3, -0.25) is 4.90 Å². The van der Waals surface area contributed by atoms with E-state index in [1.807, 2.05) is 0 Å². The van der Waals surface area contributed by atoms with E-state index in [1.165, 1.54) is 56.4 Å². The summed E-state index contributed by atoms with van der Waals surface area (Å²) in [5.41, 5.74) is 2.64. The first kappa shape index (κ1) is 17.6. The fraction of sp³-hybridized carbons (Fsp3) is 0.667. The van der Waals surface area contributed by atoms with Gasteiger partial charge in [0.1, 0.15) is 5.75 Å². The number of rotatable bonds is 4. The maximum Gasteiger partial charge on any atom is 0.121 e. The Hall–Kier alpha value is -0.770. The van der Waals surface area contributed by atoms with Crippen molar-refractivity contribution in [3.63, 3.8) is 0 Å². The van der Waals surface area contributed by atoms with Gasteiger partial charge in [0, 0.05) is 12.6 Å². The van der Waals surface area contributed by atoms with Crippen LogP contribution in [-0.4, -0.2) is 37.7 Å². The van der Waals surface area contributed by atoms with E-state index in [0.29, 0.717) is 0 Å². The monoisotopic (exact) mass is 324 g/mol. The highest BCUT2D eigenvalue weighted by Crippen LogP contribution is 2.27. The average molecular weight is 325 g/mol. The average Bonchev–Trinajstić information content (AvgIpc) is 3.02. The smallest absolute Gasteiger partial charge is 0.121 e. The Labute approximate surface area is 140 Å². The number of piperidine rings is 1. The van der Waals surface area contributed by atoms with Gasteiger partial charge >= 0.3 is 0 Å². The lowest BCUT2D eigenvalue weighted by Gasteiger charge is -2.35. The highest BCUT2D eigenvalue weighted by atomic mass is 35.5. The van der Waals surface area contributed by atoms with Gasteiger partial charge in [0.25, 0.3) is 0 Å². The zero-order chi connectivity index (χ0) is 14.7. The van der Waals surface area contributed by atoms with E-state index in [0.717, 1.165) is 24.3 Å². The summed E-state index contributed by atoms with van der Waals surface area (Å²) in [6, 6.07) is 7.37. The Morgan fingerprint density at radius 1 is 1.23 bits per heavy atom. The lowest BCUT2D eigenvalue weighted by molar-refractivity contribution is 0.157. The van der Waals surface area contributed by atoms with Crippen LogP contribution in [0.15, 0.2) is 18.2 Å². The van der Waals surface area contributed by atoms with Crippen molar-refractivity contribution in [3.8, 4) is 5.75 Å². The van der Waals surface area contributed by atoms with Gasteiger partial charge in [-0.25, -0.2) is 0 Å². The van der Waals surface area contributed by atoms with Gasteiger partial charge < -0.3 is 10.1 Å². The summed E-state index contributed by atoms with van der Waals surface area (Å²) in [6.07, 6.45) is 5.47. The highest BCUT2D eigenvalue weighted by molar-refractivity contribution is 5.85. The van der Waals surface area contributed by atoms with Gasteiger partial charge in [0.15, 0.2) is 0 Å². The van der Waals surface area contributed by atoms with E-state index in [2.05, 4.69) is 35.3 Å². The summed E-state index contributed by atoms with van der Waals surface area (Å²) >= 11 is 0. The summed E-state index contributed by atoms with van der Waals surface area (Å²) in [5, 5.41) is 3.68. The Morgan fingerprint density at radius 2 is 2.00 bits per heavy atom. The van der Waals surface area contributed by atoms with Gasteiger partial charge in [-0.05, 0) is 75.4 Å². The highest BCUT2D eigenvalue weighted by Gasteiger charge is 2.28. The first-order valence-corrected chi connectivity index (χ1v) is 8.35. The number of hydrogen-bond acceptors (Lipinski definition) is 3. The molecule has 1 atom stereocenters. The van der Waals surface area contributed by atoms with E-state index >= 15 is 0 Å². The van der Waals surface area contributed by atoms with Crippen LogP contribution in [0.3, 0.4) is 0 Å². The number of nitrogens with one attached hydrogen (secondary N) is 1.